The molecular formula is C10H24O4Si. The van der Waals surface area contributed by atoms with E-state index in [2.05, 4.69) is 0 Å². The van der Waals surface area contributed by atoms with Crippen LogP contribution in [-0.2, 0) is 18.0 Å². The average molecular weight is 236 g/mol. The van der Waals surface area contributed by atoms with Crippen LogP contribution in [0.4, 0.5) is 0 Å². The van der Waals surface area contributed by atoms with Crippen LogP contribution in [0.2, 0.25) is 6.04 Å². The van der Waals surface area contributed by atoms with Crippen molar-refractivity contribution < 1.29 is 18.0 Å². The van der Waals surface area contributed by atoms with Crippen molar-refractivity contribution in [2.45, 2.75) is 39.8 Å². The Morgan fingerprint density at radius 1 is 0.933 bits per heavy atom. The molecule has 0 spiro atoms. The Morgan fingerprint density at radius 2 is 1.33 bits per heavy atom. The molecule has 0 radical (unpaired) electrons. The Morgan fingerprint density at radius 3 is 1.60 bits per heavy atom. The summed E-state index contributed by atoms with van der Waals surface area (Å²) in [6.07, 6.45) is 0.0984. The van der Waals surface area contributed by atoms with Crippen molar-refractivity contribution in [3.8, 4) is 0 Å². The van der Waals surface area contributed by atoms with Gasteiger partial charge >= 0.3 is 8.80 Å². The van der Waals surface area contributed by atoms with Crippen LogP contribution in [0.5, 0.6) is 0 Å². The second kappa shape index (κ2) is 8.24. The van der Waals surface area contributed by atoms with Gasteiger partial charge in [-0.1, -0.05) is 0 Å². The third-order valence-corrected chi connectivity index (χ3v) is 5.29. The molecule has 92 valence electrons. The molecule has 0 aliphatic heterocycles. The van der Waals surface area contributed by atoms with Crippen LogP contribution >= 0.6 is 0 Å². The lowest BCUT2D eigenvalue weighted by Crippen LogP contribution is -2.48. The third-order valence-electron chi connectivity index (χ3n) is 2.03. The summed E-state index contributed by atoms with van der Waals surface area (Å²) in [6.45, 7) is 9.71. The Hall–Kier alpha value is 0.0569. The van der Waals surface area contributed by atoms with Gasteiger partial charge in [-0.05, 0) is 27.7 Å². The summed E-state index contributed by atoms with van der Waals surface area (Å²) in [5.74, 6) is 0. The van der Waals surface area contributed by atoms with Gasteiger partial charge in [-0.2, -0.15) is 0 Å². The summed E-state index contributed by atoms with van der Waals surface area (Å²) in [5.41, 5.74) is 0. The van der Waals surface area contributed by atoms with Crippen molar-refractivity contribution in [2.75, 3.05) is 26.9 Å². The van der Waals surface area contributed by atoms with Crippen LogP contribution in [0, 0.1) is 0 Å². The van der Waals surface area contributed by atoms with E-state index in [9.17, 15) is 0 Å². The van der Waals surface area contributed by atoms with E-state index >= 15 is 0 Å². The highest BCUT2D eigenvalue weighted by Crippen LogP contribution is 2.19. The van der Waals surface area contributed by atoms with Gasteiger partial charge in [-0.25, -0.2) is 0 Å². The third kappa shape index (κ3) is 5.63. The largest absolute Gasteiger partial charge is 0.503 e. The minimum Gasteiger partial charge on any atom is -0.382 e. The molecule has 0 aliphatic carbocycles. The molecule has 0 aromatic heterocycles. The molecule has 4 nitrogen and oxygen atoms in total. The van der Waals surface area contributed by atoms with Crippen LogP contribution in [0.1, 0.15) is 27.7 Å². The lowest BCUT2D eigenvalue weighted by Gasteiger charge is -2.30. The zero-order valence-electron chi connectivity index (χ0n) is 10.5. The smallest absolute Gasteiger partial charge is 0.382 e. The van der Waals surface area contributed by atoms with Crippen LogP contribution in [-0.4, -0.2) is 41.8 Å². The maximum absolute atomic E-state index is 5.70. The van der Waals surface area contributed by atoms with E-state index < -0.39 is 8.80 Å². The number of rotatable bonds is 9. The van der Waals surface area contributed by atoms with Crippen molar-refractivity contribution in [3.63, 3.8) is 0 Å². The molecule has 15 heavy (non-hydrogen) atoms. The van der Waals surface area contributed by atoms with Gasteiger partial charge in [-0.3, -0.25) is 0 Å². The zero-order valence-corrected chi connectivity index (χ0v) is 11.5. The Labute approximate surface area is 94.2 Å². The van der Waals surface area contributed by atoms with Gasteiger partial charge in [0.05, 0.1) is 6.10 Å². The van der Waals surface area contributed by atoms with E-state index in [0.29, 0.717) is 25.9 Å². The highest BCUT2D eigenvalue weighted by atomic mass is 28.4. The summed E-state index contributed by atoms with van der Waals surface area (Å²) in [6, 6.07) is 0.707. The lowest BCUT2D eigenvalue weighted by atomic mass is 10.5. The standard InChI is InChI=1S/C10H24O4Si/c1-6-12-15(13-7-2,14-8-3)9-10(4)11-5/h10H,6-9H2,1-5H3. The molecule has 0 aliphatic rings. The molecule has 0 aromatic carbocycles. The fourth-order valence-corrected chi connectivity index (χ4v) is 4.19. The molecule has 0 fully saturated rings. The highest BCUT2D eigenvalue weighted by molar-refractivity contribution is 6.60. The first-order chi connectivity index (χ1) is 7.14. The molecule has 0 heterocycles. The van der Waals surface area contributed by atoms with Crippen molar-refractivity contribution >= 4 is 8.80 Å². The topological polar surface area (TPSA) is 36.9 Å². The van der Waals surface area contributed by atoms with Gasteiger partial charge in [0.15, 0.2) is 0 Å². The average Bonchev–Trinajstić information content (AvgIpc) is 2.18. The first kappa shape index (κ1) is 15.1. The molecule has 0 saturated heterocycles. The quantitative estimate of drug-likeness (QED) is 0.574. The summed E-state index contributed by atoms with van der Waals surface area (Å²) in [7, 11) is -0.816. The molecule has 1 atom stereocenters. The Bertz CT molecular complexity index is 137. The first-order valence-electron chi connectivity index (χ1n) is 5.58. The Kier molecular flexibility index (Phi) is 8.27. The van der Waals surface area contributed by atoms with Crippen molar-refractivity contribution in [1.82, 2.24) is 0 Å². The summed E-state index contributed by atoms with van der Waals surface area (Å²) < 4.78 is 22.3. The number of methoxy groups -OCH3 is 1. The van der Waals surface area contributed by atoms with E-state index in [1.165, 1.54) is 0 Å². The van der Waals surface area contributed by atoms with E-state index in [1.807, 2.05) is 27.7 Å². The minimum absolute atomic E-state index is 0.0984. The molecule has 1 unspecified atom stereocenters. The second-order valence-electron chi connectivity index (χ2n) is 3.23. The fourth-order valence-electron chi connectivity index (χ4n) is 1.40. The number of hydrogen-bond donors (Lipinski definition) is 0. The van der Waals surface area contributed by atoms with Crippen LogP contribution in [0.25, 0.3) is 0 Å². The molecule has 0 N–H and O–H groups in total. The maximum Gasteiger partial charge on any atom is 0.503 e. The molecular weight excluding hydrogens is 212 g/mol. The van der Waals surface area contributed by atoms with Gasteiger partial charge < -0.3 is 18.0 Å². The highest BCUT2D eigenvalue weighted by Gasteiger charge is 2.41. The monoisotopic (exact) mass is 236 g/mol. The van der Waals surface area contributed by atoms with Crippen LogP contribution in [0.15, 0.2) is 0 Å². The molecule has 5 heteroatoms. The normalized spacial score (nSPS) is 14.2. The zero-order chi connectivity index (χ0) is 11.7. The summed E-state index contributed by atoms with van der Waals surface area (Å²) in [5, 5.41) is 0. The van der Waals surface area contributed by atoms with Crippen molar-refractivity contribution in [1.29, 1.82) is 0 Å². The maximum atomic E-state index is 5.70. The summed E-state index contributed by atoms with van der Waals surface area (Å²) >= 11 is 0. The molecule has 0 aromatic rings. The molecule has 0 amide bonds. The number of hydrogen-bond acceptors (Lipinski definition) is 4. The first-order valence-corrected chi connectivity index (χ1v) is 7.51. The van der Waals surface area contributed by atoms with Crippen LogP contribution < -0.4 is 0 Å². The van der Waals surface area contributed by atoms with E-state index in [0.717, 1.165) is 0 Å². The van der Waals surface area contributed by atoms with Gasteiger partial charge in [0, 0.05) is 33.0 Å². The fraction of sp³-hybridized carbons (Fsp3) is 1.00. The Balaban J connectivity index is 4.44. The van der Waals surface area contributed by atoms with Gasteiger partial charge in [0.25, 0.3) is 0 Å². The summed E-state index contributed by atoms with van der Waals surface area (Å²) in [4.78, 5) is 0. The molecule has 0 saturated carbocycles. The van der Waals surface area contributed by atoms with Gasteiger partial charge in [0.1, 0.15) is 0 Å². The number of ether oxygens (including phenoxy) is 1. The van der Waals surface area contributed by atoms with Crippen molar-refractivity contribution in [3.05, 3.63) is 0 Å². The van der Waals surface area contributed by atoms with E-state index in [1.54, 1.807) is 7.11 Å². The molecule has 0 bridgehead atoms. The van der Waals surface area contributed by atoms with Crippen molar-refractivity contribution in [2.24, 2.45) is 0 Å². The van der Waals surface area contributed by atoms with E-state index in [4.69, 9.17) is 18.0 Å². The van der Waals surface area contributed by atoms with Gasteiger partial charge in [0.2, 0.25) is 0 Å². The minimum atomic E-state index is -2.50. The predicted octanol–water partition coefficient (Wildman–Crippen LogP) is 2.07. The predicted molar refractivity (Wildman–Crippen MR) is 61.9 cm³/mol. The second-order valence-corrected chi connectivity index (χ2v) is 5.87. The lowest BCUT2D eigenvalue weighted by molar-refractivity contribution is 0.0487. The SMILES string of the molecule is CCO[Si](CC(C)OC)(OCC)OCC. The van der Waals surface area contributed by atoms with Gasteiger partial charge in [-0.15, -0.1) is 0 Å². The van der Waals surface area contributed by atoms with Crippen LogP contribution in [0.3, 0.4) is 0 Å². The molecule has 0 rings (SSSR count). The van der Waals surface area contributed by atoms with E-state index in [-0.39, 0.29) is 6.10 Å².